The molecule has 0 aliphatic heterocycles. The third kappa shape index (κ3) is 6.19. The fourth-order valence-electron chi connectivity index (χ4n) is 1.86. The Bertz CT molecular complexity index is 460. The summed E-state index contributed by atoms with van der Waals surface area (Å²) in [6.07, 6.45) is 7.43. The summed E-state index contributed by atoms with van der Waals surface area (Å²) >= 11 is 0. The molecule has 0 heterocycles. The molecule has 0 fully saturated rings. The first-order valence-electron chi connectivity index (χ1n) is 7.03. The number of nitrogens with zero attached hydrogens (tertiary/aromatic N) is 1. The van der Waals surface area contributed by atoms with Gasteiger partial charge >= 0.3 is 5.97 Å². The number of ether oxygens (including phenoxy) is 1. The summed E-state index contributed by atoms with van der Waals surface area (Å²) in [6, 6.07) is 12.3. The number of benzene rings is 1. The molecule has 1 atom stereocenters. The highest BCUT2D eigenvalue weighted by molar-refractivity contribution is 5.75. The van der Waals surface area contributed by atoms with Crippen LogP contribution in [0.1, 0.15) is 31.7 Å². The fraction of sp³-hybridized carbons (Fsp3) is 0.412. The summed E-state index contributed by atoms with van der Waals surface area (Å²) < 4.78 is 4.84. The van der Waals surface area contributed by atoms with Crippen LogP contribution in [0.15, 0.2) is 42.5 Å². The summed E-state index contributed by atoms with van der Waals surface area (Å²) in [4.78, 5) is 11.4. The van der Waals surface area contributed by atoms with E-state index in [4.69, 9.17) is 10.00 Å². The molecule has 0 spiro atoms. The lowest BCUT2D eigenvalue weighted by molar-refractivity contribution is -0.145. The van der Waals surface area contributed by atoms with Crippen LogP contribution < -0.4 is 0 Å². The molecule has 0 aliphatic carbocycles. The van der Waals surface area contributed by atoms with Crippen LogP contribution in [-0.4, -0.2) is 12.6 Å². The number of carbonyl (C=O) groups excluding carboxylic acids is 1. The molecular weight excluding hydrogens is 250 g/mol. The summed E-state index contributed by atoms with van der Waals surface area (Å²) in [7, 11) is 0. The second-order valence-electron chi connectivity index (χ2n) is 4.52. The highest BCUT2D eigenvalue weighted by Crippen LogP contribution is 2.08. The predicted molar refractivity (Wildman–Crippen MR) is 78.9 cm³/mol. The smallest absolute Gasteiger partial charge is 0.323 e. The monoisotopic (exact) mass is 271 g/mol. The van der Waals surface area contributed by atoms with Crippen molar-refractivity contribution < 1.29 is 9.53 Å². The van der Waals surface area contributed by atoms with Gasteiger partial charge in [-0.2, -0.15) is 5.26 Å². The van der Waals surface area contributed by atoms with Crippen molar-refractivity contribution in [2.75, 3.05) is 6.61 Å². The summed E-state index contributed by atoms with van der Waals surface area (Å²) in [6.45, 7) is 2.06. The zero-order valence-electron chi connectivity index (χ0n) is 11.9. The van der Waals surface area contributed by atoms with Gasteiger partial charge in [-0.3, -0.25) is 4.79 Å². The Labute approximate surface area is 120 Å². The average Bonchev–Trinajstić information content (AvgIpc) is 2.48. The topological polar surface area (TPSA) is 50.1 Å². The first-order valence-corrected chi connectivity index (χ1v) is 7.03. The van der Waals surface area contributed by atoms with Gasteiger partial charge in [0.05, 0.1) is 12.7 Å². The molecule has 0 bridgehead atoms. The van der Waals surface area contributed by atoms with Crippen molar-refractivity contribution in [3.05, 3.63) is 48.0 Å². The van der Waals surface area contributed by atoms with Crippen LogP contribution >= 0.6 is 0 Å². The number of rotatable bonds is 8. The predicted octanol–water partition coefficient (Wildman–Crippen LogP) is 3.66. The van der Waals surface area contributed by atoms with Gasteiger partial charge in [-0.15, -0.1) is 0 Å². The second kappa shape index (κ2) is 9.80. The second-order valence-corrected chi connectivity index (χ2v) is 4.52. The van der Waals surface area contributed by atoms with Crippen molar-refractivity contribution in [1.82, 2.24) is 0 Å². The number of esters is 1. The van der Waals surface area contributed by atoms with Crippen molar-refractivity contribution >= 4 is 5.97 Å². The number of aryl methyl sites for hydroxylation is 1. The molecule has 0 amide bonds. The fourth-order valence-corrected chi connectivity index (χ4v) is 1.86. The molecule has 1 aromatic rings. The number of hydrogen-bond donors (Lipinski definition) is 0. The molecule has 0 saturated carbocycles. The minimum absolute atomic E-state index is 0.317. The minimum Gasteiger partial charge on any atom is -0.465 e. The molecule has 1 rings (SSSR count). The zero-order valence-corrected chi connectivity index (χ0v) is 11.9. The van der Waals surface area contributed by atoms with E-state index in [2.05, 4.69) is 12.1 Å². The Balaban J connectivity index is 2.21. The van der Waals surface area contributed by atoms with E-state index in [1.807, 2.05) is 36.4 Å². The van der Waals surface area contributed by atoms with Gasteiger partial charge in [0.2, 0.25) is 0 Å². The van der Waals surface area contributed by atoms with Gasteiger partial charge in [-0.1, -0.05) is 42.5 Å². The van der Waals surface area contributed by atoms with Crippen molar-refractivity contribution in [3.63, 3.8) is 0 Å². The van der Waals surface area contributed by atoms with Crippen LogP contribution in [0, 0.1) is 17.2 Å². The average molecular weight is 271 g/mol. The van der Waals surface area contributed by atoms with Gasteiger partial charge < -0.3 is 4.74 Å². The molecule has 106 valence electrons. The van der Waals surface area contributed by atoms with Gasteiger partial charge in [0.15, 0.2) is 0 Å². The molecule has 0 aliphatic rings. The van der Waals surface area contributed by atoms with E-state index in [0.29, 0.717) is 13.0 Å². The largest absolute Gasteiger partial charge is 0.465 e. The lowest BCUT2D eigenvalue weighted by atomic mass is 10.1. The SMILES string of the molecule is CCOC(=O)C(C#N)C/C=C/CCCc1ccccc1. The van der Waals surface area contributed by atoms with Gasteiger partial charge in [0.25, 0.3) is 0 Å². The third-order valence-electron chi connectivity index (χ3n) is 2.94. The first-order chi connectivity index (χ1) is 9.77. The molecule has 0 aromatic heterocycles. The molecule has 1 unspecified atom stereocenters. The minimum atomic E-state index is -0.680. The molecule has 3 nitrogen and oxygen atoms in total. The molecular formula is C17H21NO2. The Morgan fingerprint density at radius 3 is 2.75 bits per heavy atom. The van der Waals surface area contributed by atoms with Crippen molar-refractivity contribution in [1.29, 1.82) is 5.26 Å². The van der Waals surface area contributed by atoms with Gasteiger partial charge in [-0.05, 0) is 38.2 Å². The van der Waals surface area contributed by atoms with E-state index in [9.17, 15) is 4.79 Å². The standard InChI is InChI=1S/C17H21NO2/c1-2-20-17(19)16(14-18)13-9-4-3-6-10-15-11-7-5-8-12-15/h4-5,7-9,11-12,16H,2-3,6,10,13H2,1H3/b9-4+. The van der Waals surface area contributed by atoms with Crippen LogP contribution in [0.3, 0.4) is 0 Å². The van der Waals surface area contributed by atoms with E-state index in [1.54, 1.807) is 6.92 Å². The van der Waals surface area contributed by atoms with Crippen LogP contribution in [0.5, 0.6) is 0 Å². The Kier molecular flexibility index (Phi) is 7.83. The Morgan fingerprint density at radius 2 is 2.10 bits per heavy atom. The Morgan fingerprint density at radius 1 is 1.35 bits per heavy atom. The van der Waals surface area contributed by atoms with Gasteiger partial charge in [-0.25, -0.2) is 0 Å². The molecule has 3 heteroatoms. The highest BCUT2D eigenvalue weighted by atomic mass is 16.5. The van der Waals surface area contributed by atoms with E-state index >= 15 is 0 Å². The van der Waals surface area contributed by atoms with Crippen molar-refractivity contribution in [2.45, 2.75) is 32.6 Å². The maximum atomic E-state index is 11.4. The summed E-state index contributed by atoms with van der Waals surface area (Å²) in [5.74, 6) is -1.11. The first kappa shape index (κ1) is 16.0. The van der Waals surface area contributed by atoms with Gasteiger partial charge in [0.1, 0.15) is 5.92 Å². The maximum Gasteiger partial charge on any atom is 0.323 e. The van der Waals surface area contributed by atoms with Crippen LogP contribution in [0.4, 0.5) is 0 Å². The maximum absolute atomic E-state index is 11.4. The van der Waals surface area contributed by atoms with Crippen LogP contribution in [0.2, 0.25) is 0 Å². The number of allylic oxidation sites excluding steroid dienone is 2. The van der Waals surface area contributed by atoms with Crippen LogP contribution in [-0.2, 0) is 16.0 Å². The van der Waals surface area contributed by atoms with Crippen LogP contribution in [0.25, 0.3) is 0 Å². The molecule has 0 N–H and O–H groups in total. The van der Waals surface area contributed by atoms with E-state index < -0.39 is 11.9 Å². The number of nitriles is 1. The molecule has 1 aromatic carbocycles. The third-order valence-corrected chi connectivity index (χ3v) is 2.94. The lowest BCUT2D eigenvalue weighted by Crippen LogP contribution is -2.15. The number of unbranched alkanes of at least 4 members (excludes halogenated alkanes) is 1. The van der Waals surface area contributed by atoms with Gasteiger partial charge in [0, 0.05) is 0 Å². The number of carbonyl (C=O) groups is 1. The van der Waals surface area contributed by atoms with Crippen molar-refractivity contribution in [3.8, 4) is 6.07 Å². The summed E-state index contributed by atoms with van der Waals surface area (Å²) in [5, 5.41) is 8.89. The Hall–Kier alpha value is -2.08. The quantitative estimate of drug-likeness (QED) is 0.412. The molecule has 20 heavy (non-hydrogen) atoms. The molecule has 0 saturated heterocycles. The lowest BCUT2D eigenvalue weighted by Gasteiger charge is -2.04. The van der Waals surface area contributed by atoms with Crippen molar-refractivity contribution in [2.24, 2.45) is 5.92 Å². The summed E-state index contributed by atoms with van der Waals surface area (Å²) in [5.41, 5.74) is 1.34. The molecule has 0 radical (unpaired) electrons. The highest BCUT2D eigenvalue weighted by Gasteiger charge is 2.16. The zero-order chi connectivity index (χ0) is 14.6. The van der Waals surface area contributed by atoms with E-state index in [0.717, 1.165) is 19.3 Å². The van der Waals surface area contributed by atoms with E-state index in [1.165, 1.54) is 5.56 Å². The normalized spacial score (nSPS) is 12.0. The van der Waals surface area contributed by atoms with E-state index in [-0.39, 0.29) is 0 Å². The number of hydrogen-bond acceptors (Lipinski definition) is 3.